The quantitative estimate of drug-likeness (QED) is 0.757. The standard InChI is InChI=1S/C13H27N.C2H6/c1-6-9(2)12-7-10(3)11(4)8-13(12)14-5;1-2/h9-14H,6-8H2,1-5H3;1-2H3. The average molecular weight is 227 g/mol. The van der Waals surface area contributed by atoms with E-state index in [9.17, 15) is 0 Å². The largest absolute Gasteiger partial charge is 0.317 e. The van der Waals surface area contributed by atoms with Crippen LogP contribution in [0.3, 0.4) is 0 Å². The van der Waals surface area contributed by atoms with E-state index in [2.05, 4.69) is 40.1 Å². The Hall–Kier alpha value is -0.0400. The van der Waals surface area contributed by atoms with Crippen molar-refractivity contribution in [2.24, 2.45) is 23.7 Å². The second-order valence-electron chi connectivity index (χ2n) is 5.37. The third-order valence-electron chi connectivity index (χ3n) is 4.50. The second kappa shape index (κ2) is 8.11. The number of hydrogen-bond donors (Lipinski definition) is 1. The molecule has 1 nitrogen and oxygen atoms in total. The van der Waals surface area contributed by atoms with Crippen molar-refractivity contribution < 1.29 is 0 Å². The zero-order valence-corrected chi connectivity index (χ0v) is 12.5. The topological polar surface area (TPSA) is 12.0 Å². The minimum atomic E-state index is 0.760. The Morgan fingerprint density at radius 3 is 2.06 bits per heavy atom. The van der Waals surface area contributed by atoms with Crippen LogP contribution in [0.15, 0.2) is 0 Å². The first-order valence-corrected chi connectivity index (χ1v) is 7.27. The summed E-state index contributed by atoms with van der Waals surface area (Å²) >= 11 is 0. The van der Waals surface area contributed by atoms with Crippen molar-refractivity contribution in [1.82, 2.24) is 5.32 Å². The van der Waals surface area contributed by atoms with Gasteiger partial charge in [-0.3, -0.25) is 0 Å². The average Bonchev–Trinajstić information content (AvgIpc) is 2.33. The van der Waals surface area contributed by atoms with Gasteiger partial charge in [0.25, 0.3) is 0 Å². The molecular weight excluding hydrogens is 194 g/mol. The van der Waals surface area contributed by atoms with E-state index in [1.54, 1.807) is 0 Å². The zero-order valence-electron chi connectivity index (χ0n) is 12.5. The zero-order chi connectivity index (χ0) is 12.7. The van der Waals surface area contributed by atoms with Gasteiger partial charge in [-0.25, -0.2) is 0 Å². The Kier molecular flexibility index (Phi) is 8.09. The monoisotopic (exact) mass is 227 g/mol. The van der Waals surface area contributed by atoms with Gasteiger partial charge in [0.1, 0.15) is 0 Å². The van der Waals surface area contributed by atoms with Gasteiger partial charge in [-0.15, -0.1) is 0 Å². The van der Waals surface area contributed by atoms with Crippen molar-refractivity contribution in [2.45, 2.75) is 66.8 Å². The molecule has 16 heavy (non-hydrogen) atoms. The summed E-state index contributed by atoms with van der Waals surface area (Å²) in [5.74, 6) is 3.59. The summed E-state index contributed by atoms with van der Waals surface area (Å²) in [6.07, 6.45) is 4.11. The van der Waals surface area contributed by atoms with E-state index in [1.807, 2.05) is 13.8 Å². The molecule has 1 saturated carbocycles. The van der Waals surface area contributed by atoms with Crippen LogP contribution in [-0.2, 0) is 0 Å². The van der Waals surface area contributed by atoms with E-state index in [4.69, 9.17) is 0 Å². The van der Waals surface area contributed by atoms with Crippen LogP contribution in [0.25, 0.3) is 0 Å². The van der Waals surface area contributed by atoms with Crippen LogP contribution >= 0.6 is 0 Å². The molecule has 0 aliphatic heterocycles. The van der Waals surface area contributed by atoms with Crippen LogP contribution < -0.4 is 5.32 Å². The SMILES string of the molecule is CC.CCC(C)C1CC(C)C(C)CC1NC. The molecule has 0 aromatic rings. The predicted molar refractivity (Wildman–Crippen MR) is 74.7 cm³/mol. The highest BCUT2D eigenvalue weighted by Gasteiger charge is 2.34. The molecule has 98 valence electrons. The van der Waals surface area contributed by atoms with E-state index >= 15 is 0 Å². The van der Waals surface area contributed by atoms with E-state index < -0.39 is 0 Å². The normalized spacial score (nSPS) is 36.2. The van der Waals surface area contributed by atoms with Crippen molar-refractivity contribution in [1.29, 1.82) is 0 Å². The summed E-state index contributed by atoms with van der Waals surface area (Å²) in [7, 11) is 2.13. The Balaban J connectivity index is 0.00000106. The molecular formula is C15H33N. The van der Waals surface area contributed by atoms with Crippen LogP contribution in [0.1, 0.15) is 60.8 Å². The van der Waals surface area contributed by atoms with Crippen molar-refractivity contribution in [3.8, 4) is 0 Å². The molecule has 1 rings (SSSR count). The van der Waals surface area contributed by atoms with Crippen LogP contribution in [0.4, 0.5) is 0 Å². The van der Waals surface area contributed by atoms with Gasteiger partial charge < -0.3 is 5.32 Å². The van der Waals surface area contributed by atoms with Gasteiger partial charge in [-0.2, -0.15) is 0 Å². The maximum atomic E-state index is 3.52. The highest BCUT2D eigenvalue weighted by Crippen LogP contribution is 2.38. The molecule has 5 unspecified atom stereocenters. The highest BCUT2D eigenvalue weighted by molar-refractivity contribution is 4.88. The Morgan fingerprint density at radius 1 is 1.12 bits per heavy atom. The van der Waals surface area contributed by atoms with Gasteiger partial charge >= 0.3 is 0 Å². The molecule has 0 heterocycles. The first-order chi connectivity index (χ1) is 7.60. The van der Waals surface area contributed by atoms with Gasteiger partial charge in [-0.05, 0) is 43.6 Å². The van der Waals surface area contributed by atoms with Gasteiger partial charge in [-0.1, -0.05) is 48.0 Å². The van der Waals surface area contributed by atoms with Crippen molar-refractivity contribution in [2.75, 3.05) is 7.05 Å². The summed E-state index contributed by atoms with van der Waals surface area (Å²) in [6, 6.07) is 0.760. The van der Waals surface area contributed by atoms with Gasteiger partial charge in [0.05, 0.1) is 0 Å². The fraction of sp³-hybridized carbons (Fsp3) is 1.00. The summed E-state index contributed by atoms with van der Waals surface area (Å²) < 4.78 is 0. The third kappa shape index (κ3) is 4.08. The van der Waals surface area contributed by atoms with Crippen molar-refractivity contribution in [3.63, 3.8) is 0 Å². The summed E-state index contributed by atoms with van der Waals surface area (Å²) in [5.41, 5.74) is 0. The van der Waals surface area contributed by atoms with Crippen LogP contribution in [0.5, 0.6) is 0 Å². The molecule has 0 aromatic heterocycles. The lowest BCUT2D eigenvalue weighted by Gasteiger charge is -2.41. The fourth-order valence-electron chi connectivity index (χ4n) is 2.90. The first-order valence-electron chi connectivity index (χ1n) is 7.27. The number of hydrogen-bond acceptors (Lipinski definition) is 1. The van der Waals surface area contributed by atoms with Crippen LogP contribution in [0, 0.1) is 23.7 Å². The lowest BCUT2D eigenvalue weighted by Crippen LogP contribution is -2.44. The van der Waals surface area contributed by atoms with E-state index in [0.717, 1.165) is 29.7 Å². The molecule has 0 radical (unpaired) electrons. The number of rotatable bonds is 3. The third-order valence-corrected chi connectivity index (χ3v) is 4.50. The Morgan fingerprint density at radius 2 is 1.62 bits per heavy atom. The molecule has 0 saturated heterocycles. The maximum absolute atomic E-state index is 3.52. The molecule has 0 aromatic carbocycles. The van der Waals surface area contributed by atoms with Gasteiger partial charge in [0, 0.05) is 6.04 Å². The summed E-state index contributed by atoms with van der Waals surface area (Å²) in [5, 5.41) is 3.52. The second-order valence-corrected chi connectivity index (χ2v) is 5.37. The molecule has 1 aliphatic rings. The molecule has 1 heteroatoms. The van der Waals surface area contributed by atoms with Crippen LogP contribution in [0.2, 0.25) is 0 Å². The molecule has 5 atom stereocenters. The van der Waals surface area contributed by atoms with Crippen LogP contribution in [-0.4, -0.2) is 13.1 Å². The lowest BCUT2D eigenvalue weighted by atomic mass is 9.68. The van der Waals surface area contributed by atoms with Gasteiger partial charge in [0.15, 0.2) is 0 Å². The van der Waals surface area contributed by atoms with Crippen molar-refractivity contribution >= 4 is 0 Å². The van der Waals surface area contributed by atoms with E-state index in [-0.39, 0.29) is 0 Å². The van der Waals surface area contributed by atoms with Gasteiger partial charge in [0.2, 0.25) is 0 Å². The molecule has 1 aliphatic carbocycles. The van der Waals surface area contributed by atoms with Crippen molar-refractivity contribution in [3.05, 3.63) is 0 Å². The van der Waals surface area contributed by atoms with E-state index in [1.165, 1.54) is 19.3 Å². The summed E-state index contributed by atoms with van der Waals surface area (Å²) in [4.78, 5) is 0. The number of nitrogens with one attached hydrogen (secondary N) is 1. The first kappa shape index (κ1) is 16.0. The molecule has 0 amide bonds. The molecule has 1 N–H and O–H groups in total. The molecule has 1 fully saturated rings. The predicted octanol–water partition coefficient (Wildman–Crippen LogP) is 4.33. The molecule has 0 bridgehead atoms. The maximum Gasteiger partial charge on any atom is 0.00976 e. The fourth-order valence-corrected chi connectivity index (χ4v) is 2.90. The molecule has 0 spiro atoms. The smallest absolute Gasteiger partial charge is 0.00976 e. The minimum absolute atomic E-state index is 0.760. The Labute approximate surface area is 103 Å². The summed E-state index contributed by atoms with van der Waals surface area (Å²) in [6.45, 7) is 13.6. The lowest BCUT2D eigenvalue weighted by molar-refractivity contribution is 0.119. The minimum Gasteiger partial charge on any atom is -0.317 e. The Bertz CT molecular complexity index is 167. The van der Waals surface area contributed by atoms with E-state index in [0.29, 0.717) is 0 Å². The highest BCUT2D eigenvalue weighted by atomic mass is 14.9.